The van der Waals surface area contributed by atoms with E-state index in [1.807, 2.05) is 0 Å². The van der Waals surface area contributed by atoms with Crippen molar-refractivity contribution in [3.63, 3.8) is 0 Å². The van der Waals surface area contributed by atoms with Crippen LogP contribution >= 0.6 is 0 Å². The molecular formula is C16H34N2O. The van der Waals surface area contributed by atoms with Gasteiger partial charge < -0.3 is 10.4 Å². The summed E-state index contributed by atoms with van der Waals surface area (Å²) in [5.41, 5.74) is -0.0280. The van der Waals surface area contributed by atoms with E-state index >= 15 is 0 Å². The van der Waals surface area contributed by atoms with E-state index < -0.39 is 0 Å². The van der Waals surface area contributed by atoms with Gasteiger partial charge in [-0.3, -0.25) is 4.90 Å². The summed E-state index contributed by atoms with van der Waals surface area (Å²) in [5, 5.41) is 13.5. The summed E-state index contributed by atoms with van der Waals surface area (Å²) in [6.07, 6.45) is 7.08. The Morgan fingerprint density at radius 2 is 2.05 bits per heavy atom. The molecule has 114 valence electrons. The minimum absolute atomic E-state index is 0.0280. The largest absolute Gasteiger partial charge is 0.394 e. The summed E-state index contributed by atoms with van der Waals surface area (Å²) < 4.78 is 0. The fourth-order valence-corrected chi connectivity index (χ4v) is 3.49. The van der Waals surface area contributed by atoms with Crippen LogP contribution in [0.25, 0.3) is 0 Å². The Hall–Kier alpha value is -0.120. The SMILES string of the molecule is CCCNC1(CO)CCCC(N(CCC)C(C)C)C1. The van der Waals surface area contributed by atoms with Crippen molar-refractivity contribution >= 4 is 0 Å². The summed E-state index contributed by atoms with van der Waals surface area (Å²) in [6, 6.07) is 1.23. The Balaban J connectivity index is 2.69. The minimum atomic E-state index is -0.0280. The Labute approximate surface area is 119 Å². The molecular weight excluding hydrogens is 236 g/mol. The number of aliphatic hydroxyl groups is 1. The highest BCUT2D eigenvalue weighted by molar-refractivity contribution is 4.96. The molecule has 1 saturated carbocycles. The molecule has 2 N–H and O–H groups in total. The Kier molecular flexibility index (Phi) is 7.33. The van der Waals surface area contributed by atoms with Crippen molar-refractivity contribution in [1.82, 2.24) is 10.2 Å². The molecule has 2 atom stereocenters. The number of hydrogen-bond acceptors (Lipinski definition) is 3. The monoisotopic (exact) mass is 270 g/mol. The van der Waals surface area contributed by atoms with E-state index in [1.54, 1.807) is 0 Å². The first-order valence-corrected chi connectivity index (χ1v) is 8.20. The van der Waals surface area contributed by atoms with E-state index in [9.17, 15) is 5.11 Å². The van der Waals surface area contributed by atoms with Crippen LogP contribution in [-0.4, -0.2) is 47.3 Å². The summed E-state index contributed by atoms with van der Waals surface area (Å²) in [4.78, 5) is 2.64. The van der Waals surface area contributed by atoms with E-state index in [1.165, 1.54) is 25.8 Å². The second-order valence-electron chi connectivity index (χ2n) is 6.45. The molecule has 0 saturated heterocycles. The molecule has 0 radical (unpaired) electrons. The lowest BCUT2D eigenvalue weighted by Gasteiger charge is -2.46. The predicted octanol–water partition coefficient (Wildman–Crippen LogP) is 2.78. The van der Waals surface area contributed by atoms with Crippen molar-refractivity contribution in [2.24, 2.45) is 0 Å². The van der Waals surface area contributed by atoms with E-state index in [-0.39, 0.29) is 12.1 Å². The Morgan fingerprint density at radius 3 is 2.58 bits per heavy atom. The van der Waals surface area contributed by atoms with Crippen molar-refractivity contribution < 1.29 is 5.11 Å². The highest BCUT2D eigenvalue weighted by Crippen LogP contribution is 2.32. The molecule has 0 aliphatic heterocycles. The van der Waals surface area contributed by atoms with Gasteiger partial charge in [-0.2, -0.15) is 0 Å². The second kappa shape index (κ2) is 8.23. The molecule has 1 rings (SSSR count). The fourth-order valence-electron chi connectivity index (χ4n) is 3.49. The molecule has 3 heteroatoms. The summed E-state index contributed by atoms with van der Waals surface area (Å²) >= 11 is 0. The zero-order valence-corrected chi connectivity index (χ0v) is 13.4. The van der Waals surface area contributed by atoms with Crippen LogP contribution in [0.1, 0.15) is 66.2 Å². The highest BCUT2D eigenvalue weighted by Gasteiger charge is 2.37. The van der Waals surface area contributed by atoms with Gasteiger partial charge in [0.25, 0.3) is 0 Å². The maximum absolute atomic E-state index is 9.86. The van der Waals surface area contributed by atoms with Gasteiger partial charge in [-0.1, -0.05) is 13.8 Å². The van der Waals surface area contributed by atoms with Gasteiger partial charge in [-0.15, -0.1) is 0 Å². The molecule has 19 heavy (non-hydrogen) atoms. The number of hydrogen-bond donors (Lipinski definition) is 2. The summed E-state index contributed by atoms with van der Waals surface area (Å²) in [7, 11) is 0. The summed E-state index contributed by atoms with van der Waals surface area (Å²) in [6.45, 7) is 11.5. The molecule has 1 fully saturated rings. The first kappa shape index (κ1) is 16.9. The standard InChI is InChI=1S/C16H34N2O/c1-5-10-17-16(13-19)9-7-8-15(12-16)18(11-6-2)14(3)4/h14-15,17,19H,5-13H2,1-4H3. The third-order valence-corrected chi connectivity index (χ3v) is 4.49. The molecule has 1 aliphatic rings. The third kappa shape index (κ3) is 4.73. The van der Waals surface area contributed by atoms with Gasteiger partial charge in [0.15, 0.2) is 0 Å². The van der Waals surface area contributed by atoms with Crippen LogP contribution in [-0.2, 0) is 0 Å². The molecule has 0 aromatic rings. The van der Waals surface area contributed by atoms with Gasteiger partial charge in [-0.25, -0.2) is 0 Å². The first-order chi connectivity index (χ1) is 9.08. The zero-order chi connectivity index (χ0) is 14.3. The molecule has 0 amide bonds. The topological polar surface area (TPSA) is 35.5 Å². The highest BCUT2D eigenvalue weighted by atomic mass is 16.3. The van der Waals surface area contributed by atoms with Gasteiger partial charge in [0.2, 0.25) is 0 Å². The summed E-state index contributed by atoms with van der Waals surface area (Å²) in [5.74, 6) is 0. The van der Waals surface area contributed by atoms with Crippen LogP contribution in [0.2, 0.25) is 0 Å². The van der Waals surface area contributed by atoms with Crippen LogP contribution < -0.4 is 5.32 Å². The van der Waals surface area contributed by atoms with Gasteiger partial charge in [-0.05, 0) is 65.5 Å². The molecule has 0 aromatic carbocycles. The van der Waals surface area contributed by atoms with E-state index in [2.05, 4.69) is 37.9 Å². The van der Waals surface area contributed by atoms with Crippen molar-refractivity contribution in [2.45, 2.75) is 83.8 Å². The Morgan fingerprint density at radius 1 is 1.32 bits per heavy atom. The van der Waals surface area contributed by atoms with Gasteiger partial charge in [0.05, 0.1) is 6.61 Å². The maximum Gasteiger partial charge on any atom is 0.0613 e. The predicted molar refractivity (Wildman–Crippen MR) is 82.5 cm³/mol. The van der Waals surface area contributed by atoms with Crippen LogP contribution in [0, 0.1) is 0 Å². The lowest BCUT2D eigenvalue weighted by molar-refractivity contribution is 0.0453. The van der Waals surface area contributed by atoms with Crippen LogP contribution in [0.3, 0.4) is 0 Å². The lowest BCUT2D eigenvalue weighted by Crippen LogP contribution is -2.57. The number of nitrogens with one attached hydrogen (secondary N) is 1. The maximum atomic E-state index is 9.86. The number of nitrogens with zero attached hydrogens (tertiary/aromatic N) is 1. The van der Waals surface area contributed by atoms with Crippen molar-refractivity contribution in [1.29, 1.82) is 0 Å². The van der Waals surface area contributed by atoms with Crippen molar-refractivity contribution in [2.75, 3.05) is 19.7 Å². The molecule has 3 nitrogen and oxygen atoms in total. The van der Waals surface area contributed by atoms with Crippen LogP contribution in [0.5, 0.6) is 0 Å². The normalized spacial score (nSPS) is 28.3. The molecule has 0 heterocycles. The van der Waals surface area contributed by atoms with E-state index in [4.69, 9.17) is 0 Å². The fraction of sp³-hybridized carbons (Fsp3) is 1.00. The molecule has 0 bridgehead atoms. The van der Waals surface area contributed by atoms with Gasteiger partial charge in [0.1, 0.15) is 0 Å². The second-order valence-corrected chi connectivity index (χ2v) is 6.45. The number of rotatable bonds is 8. The molecule has 0 spiro atoms. The van der Waals surface area contributed by atoms with E-state index in [0.29, 0.717) is 12.1 Å². The molecule has 2 unspecified atom stereocenters. The van der Waals surface area contributed by atoms with Crippen LogP contribution in [0.4, 0.5) is 0 Å². The van der Waals surface area contributed by atoms with Gasteiger partial charge >= 0.3 is 0 Å². The average Bonchev–Trinajstić information content (AvgIpc) is 2.42. The molecule has 0 aromatic heterocycles. The lowest BCUT2D eigenvalue weighted by atomic mass is 9.78. The first-order valence-electron chi connectivity index (χ1n) is 8.20. The van der Waals surface area contributed by atoms with Crippen LogP contribution in [0.15, 0.2) is 0 Å². The van der Waals surface area contributed by atoms with Crippen molar-refractivity contribution in [3.05, 3.63) is 0 Å². The average molecular weight is 270 g/mol. The smallest absolute Gasteiger partial charge is 0.0613 e. The quantitative estimate of drug-likeness (QED) is 0.712. The van der Waals surface area contributed by atoms with Gasteiger partial charge in [0, 0.05) is 17.6 Å². The van der Waals surface area contributed by atoms with Crippen molar-refractivity contribution in [3.8, 4) is 0 Å². The number of aliphatic hydroxyl groups excluding tert-OH is 1. The Bertz CT molecular complexity index is 245. The molecule has 1 aliphatic carbocycles. The third-order valence-electron chi connectivity index (χ3n) is 4.49. The zero-order valence-electron chi connectivity index (χ0n) is 13.4. The van der Waals surface area contributed by atoms with E-state index in [0.717, 1.165) is 25.8 Å². The minimum Gasteiger partial charge on any atom is -0.394 e.